The Bertz CT molecular complexity index is 816. The number of likely N-dealkylation sites (tertiary alicyclic amines) is 1. The number of hydrogen-bond acceptors (Lipinski definition) is 6. The number of allylic oxidation sites excluding steroid dienone is 1. The second-order valence-corrected chi connectivity index (χ2v) is 7.20. The highest BCUT2D eigenvalue weighted by molar-refractivity contribution is 6.05. The number of aliphatic imine (C=N–C) groups is 2. The highest BCUT2D eigenvalue weighted by atomic mass is 19.4. The molecule has 1 aromatic rings. The van der Waals surface area contributed by atoms with Gasteiger partial charge in [-0.2, -0.15) is 0 Å². The molecule has 150 valence electrons. The molecule has 0 radical (unpaired) electrons. The van der Waals surface area contributed by atoms with Crippen molar-refractivity contribution in [2.75, 3.05) is 19.8 Å². The van der Waals surface area contributed by atoms with Gasteiger partial charge in [-0.3, -0.25) is 4.90 Å². The van der Waals surface area contributed by atoms with Gasteiger partial charge in [0.05, 0.1) is 0 Å². The Morgan fingerprint density at radius 2 is 2.04 bits per heavy atom. The normalized spacial score (nSPS) is 23.1. The number of benzene rings is 1. The lowest BCUT2D eigenvalue weighted by Gasteiger charge is -2.37. The zero-order valence-corrected chi connectivity index (χ0v) is 15.5. The van der Waals surface area contributed by atoms with Gasteiger partial charge in [0, 0.05) is 30.4 Å². The molecule has 1 fully saturated rings. The number of ether oxygens (including phenoxy) is 1. The monoisotopic (exact) mass is 393 g/mol. The molecule has 0 bridgehead atoms. The first kappa shape index (κ1) is 18.9. The smallest absolute Gasteiger partial charge is 0.406 e. The van der Waals surface area contributed by atoms with Crippen molar-refractivity contribution in [3.63, 3.8) is 0 Å². The van der Waals surface area contributed by atoms with E-state index in [0.29, 0.717) is 25.1 Å². The number of fused-ring (bicyclic) bond motifs is 1. The molecule has 3 heterocycles. The number of rotatable bonds is 4. The second-order valence-electron chi connectivity index (χ2n) is 7.20. The Morgan fingerprint density at radius 1 is 1.25 bits per heavy atom. The molecule has 1 unspecified atom stereocenters. The molecule has 3 aliphatic rings. The molecule has 1 atom stereocenters. The topological polar surface area (TPSA) is 52.5 Å². The summed E-state index contributed by atoms with van der Waals surface area (Å²) in [5, 5.41) is 1.98. The van der Waals surface area contributed by atoms with Crippen LogP contribution in [0.2, 0.25) is 0 Å². The lowest BCUT2D eigenvalue weighted by atomic mass is 9.92. The number of halogens is 3. The van der Waals surface area contributed by atoms with Crippen LogP contribution in [0, 0.1) is 5.92 Å². The molecule has 1 N–H and O–H groups in total. The third-order valence-corrected chi connectivity index (χ3v) is 5.03. The maximum Gasteiger partial charge on any atom is 0.573 e. The SMILES string of the molecule is CC1=NC2=NCNN2C(C2CCCN(Cc3ccc(OC(F)(F)F)cc3)C2)=C1. The van der Waals surface area contributed by atoms with Crippen LogP contribution in [0.4, 0.5) is 13.2 Å². The molecule has 6 nitrogen and oxygen atoms in total. The van der Waals surface area contributed by atoms with Crippen molar-refractivity contribution in [2.24, 2.45) is 15.9 Å². The van der Waals surface area contributed by atoms with E-state index in [-0.39, 0.29) is 5.75 Å². The Hall–Kier alpha value is -2.39. The number of guanidine groups is 1. The third-order valence-electron chi connectivity index (χ3n) is 5.03. The Morgan fingerprint density at radius 3 is 2.79 bits per heavy atom. The average Bonchev–Trinajstić information content (AvgIpc) is 3.10. The summed E-state index contributed by atoms with van der Waals surface area (Å²) in [6.07, 6.45) is -0.412. The van der Waals surface area contributed by atoms with E-state index < -0.39 is 6.36 Å². The largest absolute Gasteiger partial charge is 0.573 e. The van der Waals surface area contributed by atoms with Crippen molar-refractivity contribution in [3.8, 4) is 5.75 Å². The average molecular weight is 393 g/mol. The number of hydrogen-bond donors (Lipinski definition) is 1. The maximum absolute atomic E-state index is 12.3. The van der Waals surface area contributed by atoms with Gasteiger partial charge in [-0.25, -0.2) is 20.4 Å². The molecular formula is C19H22F3N5O. The predicted molar refractivity (Wildman–Crippen MR) is 99.6 cm³/mol. The van der Waals surface area contributed by atoms with Crippen LogP contribution < -0.4 is 10.2 Å². The number of hydrazine groups is 1. The number of piperidine rings is 1. The van der Waals surface area contributed by atoms with Crippen molar-refractivity contribution < 1.29 is 17.9 Å². The first-order valence-corrected chi connectivity index (χ1v) is 9.29. The van der Waals surface area contributed by atoms with E-state index in [9.17, 15) is 13.2 Å². The molecule has 4 rings (SSSR count). The van der Waals surface area contributed by atoms with Crippen molar-refractivity contribution in [1.29, 1.82) is 0 Å². The van der Waals surface area contributed by atoms with E-state index >= 15 is 0 Å². The van der Waals surface area contributed by atoms with Gasteiger partial charge in [0.15, 0.2) is 0 Å². The van der Waals surface area contributed by atoms with Gasteiger partial charge < -0.3 is 4.74 Å². The number of nitrogens with zero attached hydrogens (tertiary/aromatic N) is 4. The molecule has 9 heteroatoms. The fourth-order valence-electron chi connectivity index (χ4n) is 3.87. The molecule has 0 aromatic heterocycles. The lowest BCUT2D eigenvalue weighted by Crippen LogP contribution is -2.45. The maximum atomic E-state index is 12.3. The molecule has 1 aromatic carbocycles. The van der Waals surface area contributed by atoms with E-state index in [4.69, 9.17) is 0 Å². The van der Waals surface area contributed by atoms with Gasteiger partial charge in [-0.15, -0.1) is 13.2 Å². The van der Waals surface area contributed by atoms with Gasteiger partial charge in [0.1, 0.15) is 12.4 Å². The van der Waals surface area contributed by atoms with Crippen LogP contribution in [-0.4, -0.2) is 47.7 Å². The van der Waals surface area contributed by atoms with Crippen LogP contribution >= 0.6 is 0 Å². The fraction of sp³-hybridized carbons (Fsp3) is 0.474. The summed E-state index contributed by atoms with van der Waals surface area (Å²) < 4.78 is 40.8. The standard InChI is InChI=1S/C19H22F3N5O/c1-13-9-17(27-18(25-13)23-12-24-27)15-3-2-8-26(11-15)10-14-4-6-16(7-5-14)28-19(20,21)22/h4-7,9,15,24H,2-3,8,10-12H2,1H3. The van der Waals surface area contributed by atoms with Crippen LogP contribution in [0.1, 0.15) is 25.3 Å². The lowest BCUT2D eigenvalue weighted by molar-refractivity contribution is -0.274. The summed E-state index contributed by atoms with van der Waals surface area (Å²) in [5.74, 6) is 0.872. The minimum Gasteiger partial charge on any atom is -0.406 e. The Kier molecular flexibility index (Phi) is 5.11. The third kappa shape index (κ3) is 4.36. The molecule has 1 saturated heterocycles. The van der Waals surface area contributed by atoms with Gasteiger partial charge in [0.2, 0.25) is 5.96 Å². The van der Waals surface area contributed by atoms with Crippen molar-refractivity contribution >= 4 is 11.7 Å². The van der Waals surface area contributed by atoms with Gasteiger partial charge in [-0.05, 0) is 50.1 Å². The minimum atomic E-state index is -4.66. The van der Waals surface area contributed by atoms with Gasteiger partial charge in [0.25, 0.3) is 0 Å². The van der Waals surface area contributed by atoms with Crippen LogP contribution in [0.15, 0.2) is 46.0 Å². The minimum absolute atomic E-state index is 0.193. The van der Waals surface area contributed by atoms with Crippen LogP contribution in [0.5, 0.6) is 5.75 Å². The molecular weight excluding hydrogens is 371 g/mol. The molecule has 28 heavy (non-hydrogen) atoms. The summed E-state index contributed by atoms with van der Waals surface area (Å²) in [6.45, 7) is 5.05. The number of alkyl halides is 3. The number of nitrogens with one attached hydrogen (secondary N) is 1. The Labute approximate surface area is 161 Å². The van der Waals surface area contributed by atoms with Crippen molar-refractivity contribution in [2.45, 2.75) is 32.7 Å². The summed E-state index contributed by atoms with van der Waals surface area (Å²) in [7, 11) is 0. The summed E-state index contributed by atoms with van der Waals surface area (Å²) in [4.78, 5) is 11.2. The van der Waals surface area contributed by atoms with Gasteiger partial charge in [-0.1, -0.05) is 12.1 Å². The summed E-state index contributed by atoms with van der Waals surface area (Å²) in [6, 6.07) is 6.11. The molecule has 0 spiro atoms. The molecule has 0 saturated carbocycles. The highest BCUT2D eigenvalue weighted by Crippen LogP contribution is 2.30. The zero-order valence-electron chi connectivity index (χ0n) is 15.5. The van der Waals surface area contributed by atoms with E-state index in [2.05, 4.69) is 31.1 Å². The van der Waals surface area contributed by atoms with Crippen LogP contribution in [0.3, 0.4) is 0 Å². The quantitative estimate of drug-likeness (QED) is 0.853. The predicted octanol–water partition coefficient (Wildman–Crippen LogP) is 3.29. The zero-order chi connectivity index (χ0) is 19.7. The van der Waals surface area contributed by atoms with Crippen molar-refractivity contribution in [3.05, 3.63) is 41.6 Å². The second kappa shape index (κ2) is 7.56. The first-order chi connectivity index (χ1) is 13.4. The highest BCUT2D eigenvalue weighted by Gasteiger charge is 2.32. The van der Waals surface area contributed by atoms with E-state index in [1.54, 1.807) is 12.1 Å². The molecule has 0 amide bonds. The van der Waals surface area contributed by atoms with E-state index in [0.717, 1.165) is 37.2 Å². The molecule has 3 aliphatic heterocycles. The van der Waals surface area contributed by atoms with E-state index in [1.165, 1.54) is 17.8 Å². The van der Waals surface area contributed by atoms with Crippen molar-refractivity contribution in [1.82, 2.24) is 15.3 Å². The Balaban J connectivity index is 1.40. The fourth-order valence-corrected chi connectivity index (χ4v) is 3.87. The summed E-state index contributed by atoms with van der Waals surface area (Å²) in [5.41, 5.74) is 6.34. The molecule has 0 aliphatic carbocycles. The van der Waals surface area contributed by atoms with Crippen LogP contribution in [-0.2, 0) is 6.54 Å². The summed E-state index contributed by atoms with van der Waals surface area (Å²) >= 11 is 0. The van der Waals surface area contributed by atoms with Gasteiger partial charge >= 0.3 is 6.36 Å². The first-order valence-electron chi connectivity index (χ1n) is 9.29. The van der Waals surface area contributed by atoms with Crippen LogP contribution in [0.25, 0.3) is 0 Å². The van der Waals surface area contributed by atoms with E-state index in [1.807, 2.05) is 11.9 Å².